The lowest BCUT2D eigenvalue weighted by Gasteiger charge is -2.07. The van der Waals surface area contributed by atoms with Crippen LogP contribution >= 0.6 is 0 Å². The summed E-state index contributed by atoms with van der Waals surface area (Å²) in [6, 6.07) is 0. The predicted octanol–water partition coefficient (Wildman–Crippen LogP) is 0.0394. The van der Waals surface area contributed by atoms with E-state index < -0.39 is 6.10 Å². The Hall–Kier alpha value is -0.610. The number of hydrogen-bond acceptors (Lipinski definition) is 4. The zero-order valence-electron chi connectivity index (χ0n) is 7.45. The van der Waals surface area contributed by atoms with Crippen LogP contribution < -0.4 is 5.73 Å². The lowest BCUT2D eigenvalue weighted by atomic mass is 10.2. The molecule has 0 radical (unpaired) electrons. The number of carbonyl (C=O) groups excluding carboxylic acids is 1. The molecule has 3 N–H and O–H groups in total. The Morgan fingerprint density at radius 3 is 2.83 bits per heavy atom. The standard InChI is InChI=1S/C8H17NO3/c1-2-3-4-12-8(11)5-7(10)6-9/h7,10H,2-6,9H2,1H3. The van der Waals surface area contributed by atoms with Crippen LogP contribution in [0.25, 0.3) is 0 Å². The zero-order valence-corrected chi connectivity index (χ0v) is 7.45. The van der Waals surface area contributed by atoms with Gasteiger partial charge >= 0.3 is 5.97 Å². The van der Waals surface area contributed by atoms with Gasteiger partial charge in [0, 0.05) is 6.54 Å². The van der Waals surface area contributed by atoms with Crippen molar-refractivity contribution in [3.63, 3.8) is 0 Å². The van der Waals surface area contributed by atoms with E-state index in [-0.39, 0.29) is 18.9 Å². The molecule has 4 heteroatoms. The monoisotopic (exact) mass is 175 g/mol. The summed E-state index contributed by atoms with van der Waals surface area (Å²) in [4.78, 5) is 10.8. The first-order valence-corrected chi connectivity index (χ1v) is 4.24. The van der Waals surface area contributed by atoms with Crippen LogP contribution in [-0.2, 0) is 9.53 Å². The van der Waals surface area contributed by atoms with Gasteiger partial charge in [-0.15, -0.1) is 0 Å². The number of aliphatic hydroxyl groups excluding tert-OH is 1. The lowest BCUT2D eigenvalue weighted by Crippen LogP contribution is -2.24. The van der Waals surface area contributed by atoms with E-state index in [0.717, 1.165) is 12.8 Å². The van der Waals surface area contributed by atoms with Gasteiger partial charge in [-0.05, 0) is 6.42 Å². The molecule has 0 heterocycles. The second kappa shape index (κ2) is 7.06. The van der Waals surface area contributed by atoms with E-state index in [0.29, 0.717) is 6.61 Å². The van der Waals surface area contributed by atoms with E-state index >= 15 is 0 Å². The molecule has 0 amide bonds. The van der Waals surface area contributed by atoms with E-state index in [4.69, 9.17) is 15.6 Å². The molecule has 0 spiro atoms. The average Bonchev–Trinajstić information content (AvgIpc) is 2.05. The van der Waals surface area contributed by atoms with Crippen molar-refractivity contribution in [2.75, 3.05) is 13.2 Å². The molecule has 0 aliphatic heterocycles. The number of rotatable bonds is 6. The van der Waals surface area contributed by atoms with E-state index in [1.807, 2.05) is 6.92 Å². The largest absolute Gasteiger partial charge is 0.466 e. The second-order valence-electron chi connectivity index (χ2n) is 2.67. The Bertz CT molecular complexity index is 127. The molecule has 12 heavy (non-hydrogen) atoms. The van der Waals surface area contributed by atoms with Gasteiger partial charge in [-0.25, -0.2) is 0 Å². The zero-order chi connectivity index (χ0) is 9.40. The summed E-state index contributed by atoms with van der Waals surface area (Å²) in [5.41, 5.74) is 5.12. The quantitative estimate of drug-likeness (QED) is 0.441. The molecule has 0 bridgehead atoms. The normalized spacial score (nSPS) is 12.6. The van der Waals surface area contributed by atoms with Crippen LogP contribution in [-0.4, -0.2) is 30.3 Å². The summed E-state index contributed by atoms with van der Waals surface area (Å²) in [6.07, 6.45) is 1.09. The van der Waals surface area contributed by atoms with Crippen molar-refractivity contribution in [1.29, 1.82) is 0 Å². The summed E-state index contributed by atoms with van der Waals surface area (Å²) >= 11 is 0. The molecule has 0 fully saturated rings. The highest BCUT2D eigenvalue weighted by molar-refractivity contribution is 5.69. The van der Waals surface area contributed by atoms with Crippen LogP contribution in [0.5, 0.6) is 0 Å². The van der Waals surface area contributed by atoms with Crippen molar-refractivity contribution in [2.45, 2.75) is 32.3 Å². The first kappa shape index (κ1) is 11.4. The molecule has 4 nitrogen and oxygen atoms in total. The highest BCUT2D eigenvalue weighted by atomic mass is 16.5. The van der Waals surface area contributed by atoms with E-state index in [1.165, 1.54) is 0 Å². The number of esters is 1. The maximum Gasteiger partial charge on any atom is 0.308 e. The Labute approximate surface area is 72.7 Å². The van der Waals surface area contributed by atoms with Gasteiger partial charge in [0.2, 0.25) is 0 Å². The van der Waals surface area contributed by atoms with Crippen molar-refractivity contribution >= 4 is 5.97 Å². The average molecular weight is 175 g/mol. The number of unbranched alkanes of at least 4 members (excludes halogenated alkanes) is 1. The molecular weight excluding hydrogens is 158 g/mol. The Morgan fingerprint density at radius 2 is 2.33 bits per heavy atom. The van der Waals surface area contributed by atoms with Gasteiger partial charge < -0.3 is 15.6 Å². The number of hydrogen-bond donors (Lipinski definition) is 2. The first-order valence-electron chi connectivity index (χ1n) is 4.24. The molecule has 1 unspecified atom stereocenters. The van der Waals surface area contributed by atoms with Crippen LogP contribution in [0.15, 0.2) is 0 Å². The maximum absolute atomic E-state index is 10.8. The fraction of sp³-hybridized carbons (Fsp3) is 0.875. The van der Waals surface area contributed by atoms with Crippen molar-refractivity contribution in [3.05, 3.63) is 0 Å². The summed E-state index contributed by atoms with van der Waals surface area (Å²) < 4.78 is 4.80. The molecule has 0 aromatic rings. The van der Waals surface area contributed by atoms with Gasteiger partial charge in [-0.2, -0.15) is 0 Å². The highest BCUT2D eigenvalue weighted by Gasteiger charge is 2.09. The van der Waals surface area contributed by atoms with Crippen molar-refractivity contribution in [1.82, 2.24) is 0 Å². The second-order valence-corrected chi connectivity index (χ2v) is 2.67. The molecule has 0 saturated heterocycles. The van der Waals surface area contributed by atoms with Crippen LogP contribution in [0, 0.1) is 0 Å². The van der Waals surface area contributed by atoms with Crippen molar-refractivity contribution in [3.8, 4) is 0 Å². The van der Waals surface area contributed by atoms with Crippen LogP contribution in [0.1, 0.15) is 26.2 Å². The smallest absolute Gasteiger partial charge is 0.308 e. The summed E-state index contributed by atoms with van der Waals surface area (Å²) in [5, 5.41) is 8.96. The van der Waals surface area contributed by atoms with Crippen LogP contribution in [0.4, 0.5) is 0 Å². The maximum atomic E-state index is 10.8. The molecule has 0 aliphatic rings. The fourth-order valence-electron chi connectivity index (χ4n) is 0.665. The Balaban J connectivity index is 3.33. The summed E-state index contributed by atoms with van der Waals surface area (Å²) in [6.45, 7) is 2.55. The third-order valence-electron chi connectivity index (χ3n) is 1.44. The topological polar surface area (TPSA) is 72.5 Å². The SMILES string of the molecule is CCCCOC(=O)CC(O)CN. The Kier molecular flexibility index (Phi) is 6.70. The minimum Gasteiger partial charge on any atom is -0.466 e. The molecular formula is C8H17NO3. The first-order chi connectivity index (χ1) is 5.70. The van der Waals surface area contributed by atoms with E-state index in [9.17, 15) is 4.79 Å². The minimum absolute atomic E-state index is 0.000213. The van der Waals surface area contributed by atoms with Crippen LogP contribution in [0.2, 0.25) is 0 Å². The molecule has 0 aromatic carbocycles. The molecule has 1 atom stereocenters. The van der Waals surface area contributed by atoms with Gasteiger partial charge in [0.25, 0.3) is 0 Å². The van der Waals surface area contributed by atoms with Crippen LogP contribution in [0.3, 0.4) is 0 Å². The Morgan fingerprint density at radius 1 is 1.67 bits per heavy atom. The van der Waals surface area contributed by atoms with E-state index in [2.05, 4.69) is 0 Å². The van der Waals surface area contributed by atoms with Gasteiger partial charge in [-0.3, -0.25) is 4.79 Å². The number of ether oxygens (including phenoxy) is 1. The molecule has 0 aliphatic carbocycles. The van der Waals surface area contributed by atoms with Gasteiger partial charge in [0.1, 0.15) is 0 Å². The molecule has 0 aromatic heterocycles. The van der Waals surface area contributed by atoms with Crippen molar-refractivity contribution < 1.29 is 14.6 Å². The number of aliphatic hydroxyl groups is 1. The number of nitrogens with two attached hydrogens (primary N) is 1. The minimum atomic E-state index is -0.765. The van der Waals surface area contributed by atoms with E-state index in [1.54, 1.807) is 0 Å². The summed E-state index contributed by atoms with van der Waals surface area (Å²) in [5.74, 6) is -0.374. The number of carbonyl (C=O) groups is 1. The third-order valence-corrected chi connectivity index (χ3v) is 1.44. The molecule has 72 valence electrons. The molecule has 0 saturated carbocycles. The molecule has 0 rings (SSSR count). The highest BCUT2D eigenvalue weighted by Crippen LogP contribution is 1.95. The lowest BCUT2D eigenvalue weighted by molar-refractivity contribution is -0.145. The summed E-state index contributed by atoms with van der Waals surface area (Å²) in [7, 11) is 0. The predicted molar refractivity (Wildman–Crippen MR) is 45.5 cm³/mol. The third kappa shape index (κ3) is 6.12. The van der Waals surface area contributed by atoms with Crippen molar-refractivity contribution in [2.24, 2.45) is 5.73 Å². The van der Waals surface area contributed by atoms with Gasteiger partial charge in [0.15, 0.2) is 0 Å². The van der Waals surface area contributed by atoms with Gasteiger partial charge in [0.05, 0.1) is 19.1 Å². The fourth-order valence-corrected chi connectivity index (χ4v) is 0.665. The van der Waals surface area contributed by atoms with Gasteiger partial charge in [-0.1, -0.05) is 13.3 Å².